The van der Waals surface area contributed by atoms with Crippen LogP contribution in [0.15, 0.2) is 54.9 Å². The molecule has 3 aromatic rings. The summed E-state index contributed by atoms with van der Waals surface area (Å²) in [6.07, 6.45) is 1.46. The number of rotatable bonds is 7. The quantitative estimate of drug-likeness (QED) is 0.589. The summed E-state index contributed by atoms with van der Waals surface area (Å²) in [5.41, 5.74) is 1.58. The van der Waals surface area contributed by atoms with Gasteiger partial charge in [0, 0.05) is 43.5 Å². The molecule has 2 heterocycles. The highest BCUT2D eigenvalue weighted by Crippen LogP contribution is 2.38. The molecule has 0 unspecified atom stereocenters. The molecule has 0 aliphatic carbocycles. The molecule has 9 nitrogen and oxygen atoms in total. The lowest BCUT2D eigenvalue weighted by Crippen LogP contribution is -2.46. The molecule has 172 valence electrons. The molecule has 0 bridgehead atoms. The van der Waals surface area contributed by atoms with Gasteiger partial charge < -0.3 is 29.3 Å². The van der Waals surface area contributed by atoms with Crippen LogP contribution in [0, 0.1) is 0 Å². The zero-order chi connectivity index (χ0) is 23.2. The number of para-hydroxylation sites is 1. The smallest absolute Gasteiger partial charge is 0.257 e. The first-order valence-corrected chi connectivity index (χ1v) is 10.6. The molecule has 2 aromatic carbocycles. The molecule has 1 aromatic heterocycles. The highest BCUT2D eigenvalue weighted by molar-refractivity contribution is 6.04. The Morgan fingerprint density at radius 1 is 0.848 bits per heavy atom. The Balaban J connectivity index is 1.45. The molecule has 0 spiro atoms. The minimum absolute atomic E-state index is 0.340. The maximum atomic E-state index is 12.9. The third kappa shape index (κ3) is 4.92. The van der Waals surface area contributed by atoms with Crippen LogP contribution in [-0.4, -0.2) is 63.4 Å². The second-order valence-corrected chi connectivity index (χ2v) is 7.44. The van der Waals surface area contributed by atoms with Crippen molar-refractivity contribution >= 4 is 23.2 Å². The molecule has 0 radical (unpaired) electrons. The van der Waals surface area contributed by atoms with E-state index in [9.17, 15) is 4.79 Å². The van der Waals surface area contributed by atoms with Gasteiger partial charge >= 0.3 is 0 Å². The molecular weight excluding hydrogens is 422 g/mol. The number of ether oxygens (including phenoxy) is 3. The van der Waals surface area contributed by atoms with Gasteiger partial charge in [-0.1, -0.05) is 18.2 Å². The standard InChI is InChI=1S/C24H27N5O4/c1-31-19-13-17(14-20(32-2)23(19)33-3)24(30)27-21-15-22(26-16-25-21)29-11-9-28(10-12-29)18-7-5-4-6-8-18/h4-8,13-16H,9-12H2,1-3H3,(H,25,26,27,30). The molecule has 1 amide bonds. The Kier molecular flexibility index (Phi) is 6.77. The van der Waals surface area contributed by atoms with E-state index in [-0.39, 0.29) is 5.91 Å². The van der Waals surface area contributed by atoms with E-state index in [0.717, 1.165) is 32.0 Å². The fourth-order valence-corrected chi connectivity index (χ4v) is 3.82. The van der Waals surface area contributed by atoms with Crippen molar-refractivity contribution < 1.29 is 19.0 Å². The van der Waals surface area contributed by atoms with Gasteiger partial charge in [0.2, 0.25) is 5.75 Å². The van der Waals surface area contributed by atoms with Crippen molar-refractivity contribution in [1.82, 2.24) is 9.97 Å². The van der Waals surface area contributed by atoms with Gasteiger partial charge in [-0.15, -0.1) is 0 Å². The van der Waals surface area contributed by atoms with Crippen LogP contribution in [0.25, 0.3) is 0 Å². The third-order valence-electron chi connectivity index (χ3n) is 5.55. The van der Waals surface area contributed by atoms with Crippen LogP contribution >= 0.6 is 0 Å². The summed E-state index contributed by atoms with van der Waals surface area (Å²) in [6.45, 7) is 3.43. The normalized spacial score (nSPS) is 13.4. The number of nitrogens with one attached hydrogen (secondary N) is 1. The van der Waals surface area contributed by atoms with Crippen molar-refractivity contribution in [2.45, 2.75) is 0 Å². The van der Waals surface area contributed by atoms with Crippen molar-refractivity contribution in [3.8, 4) is 17.2 Å². The number of aromatic nitrogens is 2. The van der Waals surface area contributed by atoms with Crippen LogP contribution in [-0.2, 0) is 0 Å². The molecule has 1 aliphatic rings. The fraction of sp³-hybridized carbons (Fsp3) is 0.292. The van der Waals surface area contributed by atoms with Crippen LogP contribution in [0.4, 0.5) is 17.3 Å². The second kappa shape index (κ2) is 10.1. The van der Waals surface area contributed by atoms with E-state index >= 15 is 0 Å². The minimum atomic E-state index is -0.340. The number of hydrogen-bond donors (Lipinski definition) is 1. The van der Waals surface area contributed by atoms with E-state index in [2.05, 4.69) is 49.4 Å². The molecule has 1 aliphatic heterocycles. The summed E-state index contributed by atoms with van der Waals surface area (Å²) in [5, 5.41) is 2.83. The summed E-state index contributed by atoms with van der Waals surface area (Å²) in [6, 6.07) is 15.4. The lowest BCUT2D eigenvalue weighted by molar-refractivity contribution is 0.102. The summed E-state index contributed by atoms with van der Waals surface area (Å²) < 4.78 is 16.0. The number of piperazine rings is 1. The Hall–Kier alpha value is -4.01. The van der Waals surface area contributed by atoms with Crippen LogP contribution < -0.4 is 29.3 Å². The van der Waals surface area contributed by atoms with Gasteiger partial charge in [0.05, 0.1) is 21.3 Å². The van der Waals surface area contributed by atoms with Crippen LogP contribution in [0.3, 0.4) is 0 Å². The molecule has 9 heteroatoms. The largest absolute Gasteiger partial charge is 0.493 e. The minimum Gasteiger partial charge on any atom is -0.493 e. The van der Waals surface area contributed by atoms with Gasteiger partial charge in [-0.05, 0) is 24.3 Å². The van der Waals surface area contributed by atoms with Gasteiger partial charge in [0.1, 0.15) is 18.0 Å². The average Bonchev–Trinajstić information content (AvgIpc) is 2.88. The molecule has 1 fully saturated rings. The number of carbonyl (C=O) groups is 1. The van der Waals surface area contributed by atoms with Crippen molar-refractivity contribution in [3.63, 3.8) is 0 Å². The zero-order valence-corrected chi connectivity index (χ0v) is 18.9. The lowest BCUT2D eigenvalue weighted by atomic mass is 10.1. The maximum absolute atomic E-state index is 12.9. The van der Waals surface area contributed by atoms with Gasteiger partial charge in [-0.2, -0.15) is 0 Å². The predicted molar refractivity (Wildman–Crippen MR) is 127 cm³/mol. The predicted octanol–water partition coefficient (Wildman–Crippen LogP) is 3.08. The first kappa shape index (κ1) is 22.2. The fourth-order valence-electron chi connectivity index (χ4n) is 3.82. The summed E-state index contributed by atoms with van der Waals surface area (Å²) in [5.74, 6) is 2.09. The summed E-state index contributed by atoms with van der Waals surface area (Å²) in [4.78, 5) is 26.1. The van der Waals surface area contributed by atoms with Crippen LogP contribution in [0.1, 0.15) is 10.4 Å². The average molecular weight is 450 g/mol. The van der Waals surface area contributed by atoms with E-state index < -0.39 is 0 Å². The Morgan fingerprint density at radius 3 is 2.09 bits per heavy atom. The van der Waals surface area contributed by atoms with E-state index in [1.54, 1.807) is 18.2 Å². The number of hydrogen-bond acceptors (Lipinski definition) is 8. The molecule has 0 saturated carbocycles. The molecular formula is C24H27N5O4. The highest BCUT2D eigenvalue weighted by atomic mass is 16.5. The highest BCUT2D eigenvalue weighted by Gasteiger charge is 2.20. The Bertz CT molecular complexity index is 1080. The number of nitrogens with zero attached hydrogens (tertiary/aromatic N) is 4. The number of carbonyl (C=O) groups excluding carboxylic acids is 1. The van der Waals surface area contributed by atoms with Crippen molar-refractivity contribution in [3.05, 3.63) is 60.4 Å². The molecule has 4 rings (SSSR count). The first-order chi connectivity index (χ1) is 16.1. The van der Waals surface area contributed by atoms with E-state index in [1.807, 2.05) is 6.07 Å². The third-order valence-corrected chi connectivity index (χ3v) is 5.55. The second-order valence-electron chi connectivity index (χ2n) is 7.44. The SMILES string of the molecule is COc1cc(C(=O)Nc2cc(N3CCN(c4ccccc4)CC3)ncn2)cc(OC)c1OC. The van der Waals surface area contributed by atoms with Gasteiger partial charge in [0.15, 0.2) is 11.5 Å². The lowest BCUT2D eigenvalue weighted by Gasteiger charge is -2.36. The van der Waals surface area contributed by atoms with Crippen molar-refractivity contribution in [1.29, 1.82) is 0 Å². The summed E-state index contributed by atoms with van der Waals surface area (Å²) in [7, 11) is 4.53. The van der Waals surface area contributed by atoms with Gasteiger partial charge in [-0.3, -0.25) is 4.79 Å². The number of methoxy groups -OCH3 is 3. The van der Waals surface area contributed by atoms with Gasteiger partial charge in [-0.25, -0.2) is 9.97 Å². The summed E-state index contributed by atoms with van der Waals surface area (Å²) >= 11 is 0. The monoisotopic (exact) mass is 449 g/mol. The Labute approximate surface area is 192 Å². The van der Waals surface area contributed by atoms with Crippen LogP contribution in [0.2, 0.25) is 0 Å². The Morgan fingerprint density at radius 2 is 1.48 bits per heavy atom. The first-order valence-electron chi connectivity index (χ1n) is 10.6. The molecule has 1 N–H and O–H groups in total. The van der Waals surface area contributed by atoms with Crippen molar-refractivity contribution in [2.24, 2.45) is 0 Å². The van der Waals surface area contributed by atoms with Crippen molar-refractivity contribution in [2.75, 3.05) is 62.6 Å². The van der Waals surface area contributed by atoms with E-state index in [1.165, 1.54) is 33.3 Å². The molecule has 33 heavy (non-hydrogen) atoms. The van der Waals surface area contributed by atoms with E-state index in [4.69, 9.17) is 14.2 Å². The molecule has 0 atom stereocenters. The number of benzene rings is 2. The topological polar surface area (TPSA) is 89.1 Å². The van der Waals surface area contributed by atoms with Gasteiger partial charge in [0.25, 0.3) is 5.91 Å². The van der Waals surface area contributed by atoms with Crippen LogP contribution in [0.5, 0.6) is 17.2 Å². The molecule has 1 saturated heterocycles. The van der Waals surface area contributed by atoms with E-state index in [0.29, 0.717) is 28.6 Å². The maximum Gasteiger partial charge on any atom is 0.257 e. The number of anilines is 3. The number of amides is 1. The zero-order valence-electron chi connectivity index (χ0n) is 18.9.